The minimum Gasteiger partial charge on any atom is -0.329 e. The third-order valence-electron chi connectivity index (χ3n) is 3.62. The van der Waals surface area contributed by atoms with Gasteiger partial charge in [-0.3, -0.25) is 0 Å². The van der Waals surface area contributed by atoms with Gasteiger partial charge < -0.3 is 11.1 Å². The Hall–Kier alpha value is -0.450. The van der Waals surface area contributed by atoms with E-state index in [-0.39, 0.29) is 11.9 Å². The van der Waals surface area contributed by atoms with Crippen molar-refractivity contribution < 1.29 is 4.39 Å². The highest BCUT2D eigenvalue weighted by atomic mass is 79.9. The summed E-state index contributed by atoms with van der Waals surface area (Å²) < 4.78 is 13.7. The van der Waals surface area contributed by atoms with E-state index in [4.69, 9.17) is 5.73 Å². The predicted molar refractivity (Wildman–Crippen MR) is 75.9 cm³/mol. The van der Waals surface area contributed by atoms with Crippen LogP contribution in [0.25, 0.3) is 0 Å². The summed E-state index contributed by atoms with van der Waals surface area (Å²) >= 11 is 3.23. The highest BCUT2D eigenvalue weighted by molar-refractivity contribution is 9.10. The molecule has 0 spiro atoms. The largest absolute Gasteiger partial charge is 0.329 e. The van der Waals surface area contributed by atoms with Crippen molar-refractivity contribution >= 4 is 15.9 Å². The van der Waals surface area contributed by atoms with Crippen LogP contribution in [0.1, 0.15) is 43.7 Å². The third kappa shape index (κ3) is 3.53. The van der Waals surface area contributed by atoms with E-state index in [2.05, 4.69) is 21.2 Å². The average molecular weight is 315 g/mol. The second-order valence-electron chi connectivity index (χ2n) is 4.96. The van der Waals surface area contributed by atoms with E-state index in [9.17, 15) is 4.39 Å². The Balaban J connectivity index is 2.04. The van der Waals surface area contributed by atoms with Gasteiger partial charge in [-0.15, -0.1) is 0 Å². The number of benzene rings is 1. The van der Waals surface area contributed by atoms with Crippen LogP contribution >= 0.6 is 15.9 Å². The topological polar surface area (TPSA) is 38.0 Å². The molecule has 0 amide bonds. The van der Waals surface area contributed by atoms with E-state index in [0.29, 0.717) is 17.1 Å². The van der Waals surface area contributed by atoms with Gasteiger partial charge in [-0.25, -0.2) is 4.39 Å². The molecule has 1 aliphatic rings. The van der Waals surface area contributed by atoms with Gasteiger partial charge >= 0.3 is 0 Å². The molecule has 1 fully saturated rings. The number of nitrogens with two attached hydrogens (primary N) is 1. The summed E-state index contributed by atoms with van der Waals surface area (Å²) in [7, 11) is 0. The Labute approximate surface area is 116 Å². The maximum atomic E-state index is 13.2. The molecule has 2 nitrogen and oxygen atoms in total. The fourth-order valence-electron chi connectivity index (χ4n) is 2.58. The number of hydrogen-bond donors (Lipinski definition) is 2. The first-order valence-electron chi connectivity index (χ1n) is 6.62. The van der Waals surface area contributed by atoms with Gasteiger partial charge in [-0.2, -0.15) is 0 Å². The van der Waals surface area contributed by atoms with E-state index >= 15 is 0 Å². The summed E-state index contributed by atoms with van der Waals surface area (Å²) in [5, 5.41) is 3.60. The van der Waals surface area contributed by atoms with Crippen molar-refractivity contribution in [1.82, 2.24) is 5.32 Å². The van der Waals surface area contributed by atoms with Crippen LogP contribution in [0.2, 0.25) is 0 Å². The monoisotopic (exact) mass is 314 g/mol. The molecule has 3 N–H and O–H groups in total. The van der Waals surface area contributed by atoms with Gasteiger partial charge in [0.05, 0.1) is 4.47 Å². The third-order valence-corrected chi connectivity index (χ3v) is 4.23. The number of nitrogens with one attached hydrogen (secondary N) is 1. The molecule has 1 saturated carbocycles. The van der Waals surface area contributed by atoms with Crippen molar-refractivity contribution in [3.05, 3.63) is 34.1 Å². The zero-order valence-corrected chi connectivity index (χ0v) is 12.0. The number of hydrogen-bond acceptors (Lipinski definition) is 2. The Morgan fingerprint density at radius 2 is 2.06 bits per heavy atom. The van der Waals surface area contributed by atoms with Crippen LogP contribution in [-0.2, 0) is 0 Å². The molecule has 0 radical (unpaired) electrons. The molecule has 0 aromatic heterocycles. The smallest absolute Gasteiger partial charge is 0.137 e. The van der Waals surface area contributed by atoms with Crippen molar-refractivity contribution in [2.75, 3.05) is 6.54 Å². The molecule has 18 heavy (non-hydrogen) atoms. The lowest BCUT2D eigenvalue weighted by Crippen LogP contribution is -2.37. The fraction of sp³-hybridized carbons (Fsp3) is 0.571. The van der Waals surface area contributed by atoms with Crippen LogP contribution in [0.3, 0.4) is 0 Å². The summed E-state index contributed by atoms with van der Waals surface area (Å²) in [5.74, 6) is -0.229. The molecule has 1 aromatic rings. The Morgan fingerprint density at radius 1 is 1.33 bits per heavy atom. The maximum absolute atomic E-state index is 13.2. The van der Waals surface area contributed by atoms with E-state index in [0.717, 1.165) is 5.56 Å². The molecule has 0 heterocycles. The van der Waals surface area contributed by atoms with Crippen molar-refractivity contribution in [2.24, 2.45) is 5.73 Å². The van der Waals surface area contributed by atoms with Crippen LogP contribution in [0, 0.1) is 5.82 Å². The molecule has 4 heteroatoms. The fourth-order valence-corrected chi connectivity index (χ4v) is 2.98. The molecule has 1 aliphatic carbocycles. The van der Waals surface area contributed by atoms with E-state index in [1.165, 1.54) is 38.2 Å². The maximum Gasteiger partial charge on any atom is 0.137 e. The highest BCUT2D eigenvalue weighted by Gasteiger charge is 2.18. The van der Waals surface area contributed by atoms with Crippen molar-refractivity contribution in [3.63, 3.8) is 0 Å². The zero-order chi connectivity index (χ0) is 13.0. The van der Waals surface area contributed by atoms with Crippen molar-refractivity contribution in [2.45, 2.75) is 44.2 Å². The summed E-state index contributed by atoms with van der Waals surface area (Å²) in [4.78, 5) is 0. The Morgan fingerprint density at radius 3 is 2.67 bits per heavy atom. The molecule has 1 unspecified atom stereocenters. The summed E-state index contributed by atoms with van der Waals surface area (Å²) in [6.45, 7) is 0.536. The lowest BCUT2D eigenvalue weighted by Gasteiger charge is -2.28. The predicted octanol–water partition coefficient (Wildman–Crippen LogP) is 3.51. The molecule has 2 rings (SSSR count). The molecular formula is C14H20BrFN2. The zero-order valence-electron chi connectivity index (χ0n) is 10.5. The van der Waals surface area contributed by atoms with Gasteiger partial charge in [0.15, 0.2) is 0 Å². The highest BCUT2D eigenvalue weighted by Crippen LogP contribution is 2.24. The lowest BCUT2D eigenvalue weighted by molar-refractivity contribution is 0.340. The molecule has 1 atom stereocenters. The normalized spacial score (nSPS) is 18.8. The second kappa shape index (κ2) is 6.64. The summed E-state index contributed by atoms with van der Waals surface area (Å²) in [6, 6.07) is 5.79. The van der Waals surface area contributed by atoms with Gasteiger partial charge in [-0.05, 0) is 46.5 Å². The Bertz CT molecular complexity index is 391. The first-order chi connectivity index (χ1) is 8.70. The van der Waals surface area contributed by atoms with Crippen LogP contribution in [0.15, 0.2) is 22.7 Å². The molecule has 100 valence electrons. The lowest BCUT2D eigenvalue weighted by atomic mass is 9.94. The molecular weight excluding hydrogens is 295 g/mol. The molecule has 0 aliphatic heterocycles. The van der Waals surface area contributed by atoms with Crippen molar-refractivity contribution in [3.8, 4) is 0 Å². The van der Waals surface area contributed by atoms with Gasteiger partial charge in [0.25, 0.3) is 0 Å². The first kappa shape index (κ1) is 14.0. The standard InChI is InChI=1S/C14H20BrFN2/c15-12-8-10(6-7-13(12)16)14(9-17)18-11-4-2-1-3-5-11/h6-8,11,14,18H,1-5,9,17H2. The summed E-state index contributed by atoms with van der Waals surface area (Å²) in [5.41, 5.74) is 6.89. The van der Waals surface area contributed by atoms with E-state index in [1.54, 1.807) is 0 Å². The van der Waals surface area contributed by atoms with Crippen LogP contribution < -0.4 is 11.1 Å². The van der Waals surface area contributed by atoms with Crippen LogP contribution in [0.5, 0.6) is 0 Å². The van der Waals surface area contributed by atoms with Crippen LogP contribution in [-0.4, -0.2) is 12.6 Å². The minimum absolute atomic E-state index is 0.116. The quantitative estimate of drug-likeness (QED) is 0.892. The van der Waals surface area contributed by atoms with Gasteiger partial charge in [-0.1, -0.05) is 25.3 Å². The van der Waals surface area contributed by atoms with Crippen LogP contribution in [0.4, 0.5) is 4.39 Å². The Kier molecular flexibility index (Phi) is 5.15. The van der Waals surface area contributed by atoms with Gasteiger partial charge in [0.1, 0.15) is 5.82 Å². The SMILES string of the molecule is NCC(NC1CCCCC1)c1ccc(F)c(Br)c1. The van der Waals surface area contributed by atoms with E-state index < -0.39 is 0 Å². The van der Waals surface area contributed by atoms with Crippen molar-refractivity contribution in [1.29, 1.82) is 0 Å². The first-order valence-corrected chi connectivity index (χ1v) is 7.41. The van der Waals surface area contributed by atoms with E-state index in [1.807, 2.05) is 12.1 Å². The number of rotatable bonds is 4. The summed E-state index contributed by atoms with van der Waals surface area (Å²) in [6.07, 6.45) is 6.37. The average Bonchev–Trinajstić information content (AvgIpc) is 2.40. The number of halogens is 2. The molecule has 1 aromatic carbocycles. The van der Waals surface area contributed by atoms with Gasteiger partial charge in [0.2, 0.25) is 0 Å². The second-order valence-corrected chi connectivity index (χ2v) is 5.82. The molecule has 0 bridgehead atoms. The minimum atomic E-state index is -0.229. The molecule has 0 saturated heterocycles. The van der Waals surface area contributed by atoms with Gasteiger partial charge in [0, 0.05) is 18.6 Å².